The van der Waals surface area contributed by atoms with E-state index in [4.69, 9.17) is 0 Å². The monoisotopic (exact) mass is 736 g/mol. The molecular formula is C38H40N8O8. The number of fused-ring (bicyclic) bond motifs is 2. The molecule has 2 aromatic carbocycles. The lowest BCUT2D eigenvalue weighted by molar-refractivity contribution is -0.137. The quantitative estimate of drug-likeness (QED) is 0.191. The Balaban J connectivity index is 0.000000167. The van der Waals surface area contributed by atoms with Crippen LogP contribution in [0.3, 0.4) is 0 Å². The van der Waals surface area contributed by atoms with Gasteiger partial charge in [-0.15, -0.1) is 0 Å². The molecule has 2 saturated heterocycles. The van der Waals surface area contributed by atoms with Gasteiger partial charge in [0.15, 0.2) is 0 Å². The second-order valence-electron chi connectivity index (χ2n) is 14.3. The van der Waals surface area contributed by atoms with E-state index in [9.17, 15) is 38.4 Å². The van der Waals surface area contributed by atoms with Crippen LogP contribution in [0.4, 0.5) is 0 Å². The molecule has 2 atom stereocenters. The average molecular weight is 737 g/mol. The Morgan fingerprint density at radius 2 is 1.02 bits per heavy atom. The number of carbonyl (C=O) groups excluding carboxylic acids is 6. The van der Waals surface area contributed by atoms with Crippen molar-refractivity contribution in [1.82, 2.24) is 40.4 Å². The smallest absolute Gasteiger partial charge is 0.262 e. The first-order chi connectivity index (χ1) is 25.9. The number of benzene rings is 2. The van der Waals surface area contributed by atoms with Gasteiger partial charge in [0.05, 0.1) is 21.8 Å². The van der Waals surface area contributed by atoms with Gasteiger partial charge in [-0.05, 0) is 87.8 Å². The van der Waals surface area contributed by atoms with Crippen LogP contribution in [0.1, 0.15) is 86.2 Å². The molecule has 16 nitrogen and oxygen atoms in total. The van der Waals surface area contributed by atoms with Crippen molar-refractivity contribution in [2.45, 2.75) is 90.4 Å². The van der Waals surface area contributed by atoms with Gasteiger partial charge in [-0.3, -0.25) is 58.1 Å². The molecule has 6 amide bonds. The van der Waals surface area contributed by atoms with Gasteiger partial charge in [-0.2, -0.15) is 0 Å². The predicted octanol–water partition coefficient (Wildman–Crippen LogP) is 1.42. The summed E-state index contributed by atoms with van der Waals surface area (Å²) in [5.74, 6) is -0.437. The van der Waals surface area contributed by atoms with E-state index in [0.717, 1.165) is 36.8 Å². The van der Waals surface area contributed by atoms with Crippen LogP contribution in [0.25, 0.3) is 21.8 Å². The SMILES string of the molecule is Cc1nc2ccc(CNC(=O)C3CC3)cc2c(=O)n1[C@@H]1CCC(=O)NC1=O.Cc1nc2ccc(CNC(=O)C3CC3)cc2c(=O)n1[C@H]1CCC(=O)NC1=O. The maximum absolute atomic E-state index is 13.1. The molecule has 4 N–H and O–H groups in total. The third kappa shape index (κ3) is 7.68. The molecule has 16 heteroatoms. The van der Waals surface area contributed by atoms with E-state index in [0.29, 0.717) is 46.5 Å². The van der Waals surface area contributed by atoms with Crippen LogP contribution >= 0.6 is 0 Å². The van der Waals surface area contributed by atoms with Gasteiger partial charge in [-0.1, -0.05) is 12.1 Å². The molecule has 4 aliphatic rings. The summed E-state index contributed by atoms with van der Waals surface area (Å²) in [7, 11) is 0. The van der Waals surface area contributed by atoms with E-state index in [2.05, 4.69) is 31.2 Å². The zero-order valence-electron chi connectivity index (χ0n) is 29.9. The topological polar surface area (TPSA) is 220 Å². The maximum atomic E-state index is 13.1. The summed E-state index contributed by atoms with van der Waals surface area (Å²) in [5, 5.41) is 11.1. The first-order valence-electron chi connectivity index (χ1n) is 18.1. The Bertz CT molecular complexity index is 2210. The highest BCUT2D eigenvalue weighted by molar-refractivity contribution is 6.00. The number of aromatic nitrogens is 4. The van der Waals surface area contributed by atoms with E-state index in [1.165, 1.54) is 9.13 Å². The number of carbonyl (C=O) groups is 6. The molecule has 2 saturated carbocycles. The van der Waals surface area contributed by atoms with Crippen LogP contribution in [0.2, 0.25) is 0 Å². The highest BCUT2D eigenvalue weighted by Crippen LogP contribution is 2.30. The summed E-state index contributed by atoms with van der Waals surface area (Å²) in [4.78, 5) is 106. The molecule has 2 aliphatic carbocycles. The van der Waals surface area contributed by atoms with E-state index in [1.54, 1.807) is 38.1 Å². The van der Waals surface area contributed by atoms with Crippen molar-refractivity contribution >= 4 is 57.2 Å². The number of hydrogen-bond donors (Lipinski definition) is 4. The zero-order valence-corrected chi connectivity index (χ0v) is 29.9. The molecule has 0 spiro atoms. The number of hydrogen-bond acceptors (Lipinski definition) is 10. The van der Waals surface area contributed by atoms with Gasteiger partial charge in [-0.25, -0.2) is 9.97 Å². The number of amides is 6. The number of piperidine rings is 2. The van der Waals surface area contributed by atoms with E-state index in [-0.39, 0.29) is 72.3 Å². The zero-order chi connectivity index (χ0) is 38.3. The number of aryl methyl sites for hydroxylation is 2. The van der Waals surface area contributed by atoms with Crippen LogP contribution in [-0.4, -0.2) is 54.5 Å². The minimum absolute atomic E-state index is 0.0399. The standard InChI is InChI=1S/2C19H20N4O4/c2*1-10-21-14-5-2-11(9-20-17(25)12-3-4-12)8-13(14)19(27)23(10)15-6-7-16(24)22-18(15)26/h2*2,5,8,12,15H,3-4,6-7,9H2,1H3,(H,20,25)(H,22,24,26)/t2*15-/m10/s1. The highest BCUT2D eigenvalue weighted by atomic mass is 16.2. The first-order valence-corrected chi connectivity index (χ1v) is 18.1. The number of rotatable bonds is 8. The molecule has 4 fully saturated rings. The summed E-state index contributed by atoms with van der Waals surface area (Å²) in [6.07, 6.45) is 4.66. The molecule has 0 radical (unpaired) electrons. The molecule has 2 aromatic heterocycles. The van der Waals surface area contributed by atoms with Crippen molar-refractivity contribution in [3.05, 3.63) is 79.9 Å². The molecule has 0 unspecified atom stereocenters. The number of imide groups is 2. The fourth-order valence-corrected chi connectivity index (χ4v) is 6.88. The molecule has 8 rings (SSSR count). The van der Waals surface area contributed by atoms with Crippen LogP contribution in [0, 0.1) is 25.7 Å². The lowest BCUT2D eigenvalue weighted by atomic mass is 10.0. The van der Waals surface area contributed by atoms with Crippen molar-refractivity contribution < 1.29 is 28.8 Å². The van der Waals surface area contributed by atoms with Crippen LogP contribution in [0.15, 0.2) is 46.0 Å². The van der Waals surface area contributed by atoms with Crippen LogP contribution in [0.5, 0.6) is 0 Å². The van der Waals surface area contributed by atoms with Gasteiger partial charge < -0.3 is 10.6 Å². The lowest BCUT2D eigenvalue weighted by Gasteiger charge is -2.24. The molecule has 0 bridgehead atoms. The fourth-order valence-electron chi connectivity index (χ4n) is 6.88. The Labute approximate surface area is 308 Å². The molecule has 54 heavy (non-hydrogen) atoms. The van der Waals surface area contributed by atoms with Crippen molar-refractivity contribution in [3.8, 4) is 0 Å². The summed E-state index contributed by atoms with van der Waals surface area (Å²) in [6, 6.07) is 9.08. The van der Waals surface area contributed by atoms with Crippen LogP contribution in [-0.2, 0) is 41.9 Å². The van der Waals surface area contributed by atoms with Crippen molar-refractivity contribution in [1.29, 1.82) is 0 Å². The Hall–Kier alpha value is -6.06. The lowest BCUT2D eigenvalue weighted by Crippen LogP contribution is -2.45. The summed E-state index contributed by atoms with van der Waals surface area (Å²) < 4.78 is 2.72. The van der Waals surface area contributed by atoms with Crippen molar-refractivity contribution in [3.63, 3.8) is 0 Å². The minimum atomic E-state index is -0.745. The third-order valence-corrected chi connectivity index (χ3v) is 10.2. The Kier molecular flexibility index (Phi) is 9.92. The maximum Gasteiger partial charge on any atom is 0.262 e. The molecule has 4 aromatic rings. The molecule has 2 aliphatic heterocycles. The summed E-state index contributed by atoms with van der Waals surface area (Å²) in [5.41, 5.74) is 2.05. The molecule has 280 valence electrons. The van der Waals surface area contributed by atoms with E-state index in [1.807, 2.05) is 12.1 Å². The number of nitrogens with zero attached hydrogens (tertiary/aromatic N) is 4. The van der Waals surface area contributed by atoms with Gasteiger partial charge >= 0.3 is 0 Å². The fraction of sp³-hybridized carbons (Fsp3) is 0.421. The normalized spacial score (nSPS) is 19.8. The van der Waals surface area contributed by atoms with Gasteiger partial charge in [0.2, 0.25) is 35.4 Å². The van der Waals surface area contributed by atoms with Crippen LogP contribution < -0.4 is 32.4 Å². The average Bonchev–Trinajstić information content (AvgIpc) is 4.06. The molecule has 4 heterocycles. The second kappa shape index (κ2) is 14.8. The van der Waals surface area contributed by atoms with Gasteiger partial charge in [0, 0.05) is 37.8 Å². The largest absolute Gasteiger partial charge is 0.352 e. The second-order valence-corrected chi connectivity index (χ2v) is 14.3. The number of nitrogens with one attached hydrogen (secondary N) is 4. The predicted molar refractivity (Wildman–Crippen MR) is 193 cm³/mol. The van der Waals surface area contributed by atoms with E-state index < -0.39 is 23.9 Å². The highest BCUT2D eigenvalue weighted by Gasteiger charge is 2.33. The Morgan fingerprint density at radius 1 is 0.630 bits per heavy atom. The minimum Gasteiger partial charge on any atom is -0.352 e. The third-order valence-electron chi connectivity index (χ3n) is 10.2. The summed E-state index contributed by atoms with van der Waals surface area (Å²) >= 11 is 0. The van der Waals surface area contributed by atoms with Gasteiger partial charge in [0.1, 0.15) is 23.7 Å². The summed E-state index contributed by atoms with van der Waals surface area (Å²) in [6.45, 7) is 4.04. The Morgan fingerprint density at radius 3 is 1.37 bits per heavy atom. The first kappa shape index (κ1) is 36.3. The van der Waals surface area contributed by atoms with Crippen molar-refractivity contribution in [2.24, 2.45) is 11.8 Å². The van der Waals surface area contributed by atoms with Gasteiger partial charge in [0.25, 0.3) is 11.1 Å². The van der Waals surface area contributed by atoms with E-state index >= 15 is 0 Å². The molecular weight excluding hydrogens is 696 g/mol. The van der Waals surface area contributed by atoms with Crippen molar-refractivity contribution in [2.75, 3.05) is 0 Å².